The number of hydrogen-bond acceptors (Lipinski definition) is 2. The van der Waals surface area contributed by atoms with E-state index in [1.165, 1.54) is 5.56 Å². The van der Waals surface area contributed by atoms with E-state index < -0.39 is 0 Å². The average molecular weight is 244 g/mol. The fourth-order valence-corrected chi connectivity index (χ4v) is 1.81. The maximum atomic E-state index is 5.67. The van der Waals surface area contributed by atoms with Crippen molar-refractivity contribution < 1.29 is 4.74 Å². The first-order valence-corrected chi connectivity index (χ1v) is 6.30. The van der Waals surface area contributed by atoms with Crippen molar-refractivity contribution in [3.8, 4) is 5.75 Å². The Labute approximate surface area is 108 Å². The summed E-state index contributed by atoms with van der Waals surface area (Å²) in [6.45, 7) is 3.71. The van der Waals surface area contributed by atoms with Gasteiger partial charge in [0.1, 0.15) is 12.4 Å². The van der Waals surface area contributed by atoms with Crippen molar-refractivity contribution >= 4 is 0 Å². The number of para-hydroxylation sites is 1. The highest BCUT2D eigenvalue weighted by Crippen LogP contribution is 2.12. The molecule has 3 nitrogen and oxygen atoms in total. The molecule has 1 N–H and O–H groups in total. The Balaban J connectivity index is 1.82. The van der Waals surface area contributed by atoms with Crippen LogP contribution >= 0.6 is 0 Å². The Morgan fingerprint density at radius 2 is 2.00 bits per heavy atom. The van der Waals surface area contributed by atoms with Crippen molar-refractivity contribution in [2.45, 2.75) is 19.5 Å². The molecule has 0 aliphatic carbocycles. The number of benzene rings is 1. The molecule has 0 saturated carbocycles. The lowest BCUT2D eigenvalue weighted by molar-refractivity contribution is 0.298. The minimum absolute atomic E-state index is 0.390. The van der Waals surface area contributed by atoms with Crippen molar-refractivity contribution in [2.24, 2.45) is 0 Å². The van der Waals surface area contributed by atoms with Crippen molar-refractivity contribution in [3.63, 3.8) is 0 Å². The molecule has 0 saturated heterocycles. The van der Waals surface area contributed by atoms with Crippen LogP contribution in [0.15, 0.2) is 48.8 Å². The predicted octanol–water partition coefficient (Wildman–Crippen LogP) is 2.85. The summed E-state index contributed by atoms with van der Waals surface area (Å²) in [5, 5.41) is 3.23. The lowest BCUT2D eigenvalue weighted by Gasteiger charge is -2.08. The lowest BCUT2D eigenvalue weighted by atomic mass is 10.2. The zero-order valence-electron chi connectivity index (χ0n) is 11.0. The highest BCUT2D eigenvalue weighted by molar-refractivity contribution is 5.20. The molecule has 1 heterocycles. The van der Waals surface area contributed by atoms with Gasteiger partial charge in [-0.15, -0.1) is 0 Å². The molecule has 1 atom stereocenters. The maximum Gasteiger partial charge on any atom is 0.119 e. The molecule has 0 spiro atoms. The number of nitrogens with one attached hydrogen (secondary N) is 1. The van der Waals surface area contributed by atoms with E-state index in [0.29, 0.717) is 12.6 Å². The van der Waals surface area contributed by atoms with Crippen LogP contribution in [0.1, 0.15) is 18.5 Å². The smallest absolute Gasteiger partial charge is 0.119 e. The van der Waals surface area contributed by atoms with Crippen LogP contribution in [0.5, 0.6) is 5.75 Å². The lowest BCUT2D eigenvalue weighted by Crippen LogP contribution is -2.11. The molecule has 0 amide bonds. The molecule has 2 rings (SSSR count). The summed E-state index contributed by atoms with van der Waals surface area (Å²) in [5.41, 5.74) is 1.30. The fraction of sp³-hybridized carbons (Fsp3) is 0.333. The molecule has 0 fully saturated rings. The van der Waals surface area contributed by atoms with Gasteiger partial charge in [0.15, 0.2) is 0 Å². The maximum absolute atomic E-state index is 5.67. The molecule has 1 aromatic heterocycles. The molecular weight excluding hydrogens is 224 g/mol. The zero-order valence-corrected chi connectivity index (χ0v) is 11.0. The fourth-order valence-electron chi connectivity index (χ4n) is 1.81. The van der Waals surface area contributed by atoms with Gasteiger partial charge in [0.2, 0.25) is 0 Å². The number of nitrogens with zero attached hydrogens (tertiary/aromatic N) is 1. The minimum Gasteiger partial charge on any atom is -0.492 e. The van der Waals surface area contributed by atoms with Gasteiger partial charge in [0.25, 0.3) is 0 Å². The second-order valence-corrected chi connectivity index (χ2v) is 4.35. The van der Waals surface area contributed by atoms with E-state index >= 15 is 0 Å². The Kier molecular flexibility index (Phi) is 4.42. The predicted molar refractivity (Wildman–Crippen MR) is 73.8 cm³/mol. The topological polar surface area (TPSA) is 26.2 Å². The van der Waals surface area contributed by atoms with E-state index in [0.717, 1.165) is 12.3 Å². The molecule has 0 bridgehead atoms. The normalized spacial score (nSPS) is 12.3. The average Bonchev–Trinajstić information content (AvgIpc) is 2.88. The molecule has 0 radical (unpaired) electrons. The summed E-state index contributed by atoms with van der Waals surface area (Å²) in [6.07, 6.45) is 4.26. The highest BCUT2D eigenvalue weighted by atomic mass is 16.5. The molecule has 0 aliphatic heterocycles. The van der Waals surface area contributed by atoms with E-state index in [1.807, 2.05) is 37.4 Å². The Hall–Kier alpha value is -1.74. The van der Waals surface area contributed by atoms with Crippen LogP contribution in [-0.2, 0) is 6.54 Å². The second-order valence-electron chi connectivity index (χ2n) is 4.35. The van der Waals surface area contributed by atoms with Crippen LogP contribution < -0.4 is 10.1 Å². The molecule has 3 heteroatoms. The number of hydrogen-bond donors (Lipinski definition) is 1. The third-order valence-electron chi connectivity index (χ3n) is 3.07. The van der Waals surface area contributed by atoms with Gasteiger partial charge in [-0.05, 0) is 37.7 Å². The Morgan fingerprint density at radius 1 is 1.22 bits per heavy atom. The first-order chi connectivity index (χ1) is 8.79. The molecule has 96 valence electrons. The molecule has 1 unspecified atom stereocenters. The zero-order chi connectivity index (χ0) is 12.8. The third-order valence-corrected chi connectivity index (χ3v) is 3.07. The minimum atomic E-state index is 0.390. The number of aromatic nitrogens is 1. The van der Waals surface area contributed by atoms with E-state index in [9.17, 15) is 0 Å². The highest BCUT2D eigenvalue weighted by Gasteiger charge is 2.03. The molecule has 18 heavy (non-hydrogen) atoms. The van der Waals surface area contributed by atoms with Gasteiger partial charge >= 0.3 is 0 Å². The molecular formula is C15H20N2O. The van der Waals surface area contributed by atoms with Crippen molar-refractivity contribution in [1.82, 2.24) is 9.88 Å². The van der Waals surface area contributed by atoms with E-state index in [4.69, 9.17) is 4.74 Å². The Morgan fingerprint density at radius 3 is 2.72 bits per heavy atom. The molecule has 2 aromatic rings. The standard InChI is InChI=1S/C15H20N2O/c1-13(16-2)14-8-9-17(12-14)10-11-18-15-6-4-3-5-7-15/h3-9,12-13,16H,10-11H2,1-2H3. The van der Waals surface area contributed by atoms with Crippen LogP contribution in [0.3, 0.4) is 0 Å². The van der Waals surface area contributed by atoms with Gasteiger partial charge in [-0.3, -0.25) is 0 Å². The summed E-state index contributed by atoms with van der Waals surface area (Å²) < 4.78 is 7.83. The van der Waals surface area contributed by atoms with Crippen LogP contribution in [-0.4, -0.2) is 18.2 Å². The van der Waals surface area contributed by atoms with E-state index in [1.54, 1.807) is 0 Å². The van der Waals surface area contributed by atoms with E-state index in [-0.39, 0.29) is 0 Å². The van der Waals surface area contributed by atoms with Gasteiger partial charge in [-0.25, -0.2) is 0 Å². The first kappa shape index (κ1) is 12.7. The van der Waals surface area contributed by atoms with Crippen LogP contribution in [0.25, 0.3) is 0 Å². The van der Waals surface area contributed by atoms with Crippen molar-refractivity contribution in [3.05, 3.63) is 54.4 Å². The number of ether oxygens (including phenoxy) is 1. The quantitative estimate of drug-likeness (QED) is 0.845. The second kappa shape index (κ2) is 6.26. The van der Waals surface area contributed by atoms with Gasteiger partial charge in [-0.1, -0.05) is 18.2 Å². The summed E-state index contributed by atoms with van der Waals surface area (Å²) in [4.78, 5) is 0. The molecule has 0 aliphatic rings. The summed E-state index contributed by atoms with van der Waals surface area (Å²) in [6, 6.07) is 12.4. The first-order valence-electron chi connectivity index (χ1n) is 6.30. The van der Waals surface area contributed by atoms with E-state index in [2.05, 4.69) is 35.3 Å². The monoisotopic (exact) mass is 244 g/mol. The Bertz CT molecular complexity index is 464. The largest absolute Gasteiger partial charge is 0.492 e. The van der Waals surface area contributed by atoms with Crippen LogP contribution in [0.4, 0.5) is 0 Å². The van der Waals surface area contributed by atoms with Gasteiger partial charge in [-0.2, -0.15) is 0 Å². The number of rotatable bonds is 6. The summed E-state index contributed by atoms with van der Waals surface area (Å²) in [5.74, 6) is 0.925. The van der Waals surface area contributed by atoms with Crippen LogP contribution in [0, 0.1) is 0 Å². The van der Waals surface area contributed by atoms with Gasteiger partial charge in [0.05, 0.1) is 6.54 Å². The SMILES string of the molecule is CNC(C)c1ccn(CCOc2ccccc2)c1. The molecule has 1 aromatic carbocycles. The van der Waals surface area contributed by atoms with Crippen LogP contribution in [0.2, 0.25) is 0 Å². The van der Waals surface area contributed by atoms with Crippen molar-refractivity contribution in [1.29, 1.82) is 0 Å². The third kappa shape index (κ3) is 3.37. The van der Waals surface area contributed by atoms with Crippen molar-refractivity contribution in [2.75, 3.05) is 13.7 Å². The summed E-state index contributed by atoms with van der Waals surface area (Å²) >= 11 is 0. The van der Waals surface area contributed by atoms with Gasteiger partial charge < -0.3 is 14.6 Å². The van der Waals surface area contributed by atoms with Gasteiger partial charge in [0, 0.05) is 18.4 Å². The summed E-state index contributed by atoms with van der Waals surface area (Å²) in [7, 11) is 1.97.